The molecule has 96 valence electrons. The van der Waals surface area contributed by atoms with Crippen LogP contribution in [0.2, 0.25) is 0 Å². The highest BCUT2D eigenvalue weighted by atomic mass is 32.2. The number of carbonyl (C=O) groups excluding carboxylic acids is 1. The smallest absolute Gasteiger partial charge is 0.212 e. The van der Waals surface area contributed by atoms with Crippen LogP contribution in [0.1, 0.15) is 15.4 Å². The van der Waals surface area contributed by atoms with E-state index in [9.17, 15) is 4.79 Å². The molecule has 0 bridgehead atoms. The Kier molecular flexibility index (Phi) is 3.35. The lowest BCUT2D eigenvalue weighted by molar-refractivity contribution is 0.102. The Bertz CT molecular complexity index is 718. The fraction of sp³-hybridized carbons (Fsp3) is 0.154. The third-order valence-corrected chi connectivity index (χ3v) is 4.92. The first-order valence-electron chi connectivity index (χ1n) is 5.76. The van der Waals surface area contributed by atoms with Crippen molar-refractivity contribution in [2.45, 2.75) is 11.8 Å². The minimum Gasteiger partial charge on any atom is -0.292 e. The summed E-state index contributed by atoms with van der Waals surface area (Å²) in [6.07, 6.45) is 1.51. The molecule has 0 amide bonds. The zero-order chi connectivity index (χ0) is 13.2. The van der Waals surface area contributed by atoms with Crippen molar-refractivity contribution in [1.82, 2.24) is 14.6 Å². The summed E-state index contributed by atoms with van der Waals surface area (Å²) in [5.74, 6) is 0.567. The van der Waals surface area contributed by atoms with Crippen LogP contribution in [0.5, 0.6) is 0 Å². The van der Waals surface area contributed by atoms with Crippen LogP contribution in [0.4, 0.5) is 0 Å². The van der Waals surface area contributed by atoms with Crippen LogP contribution in [-0.4, -0.2) is 26.1 Å². The SMILES string of the molecule is Cc1c(C(=O)CSc2ccccc2)sc2ncnn12. The summed E-state index contributed by atoms with van der Waals surface area (Å²) in [7, 11) is 0. The first kappa shape index (κ1) is 12.4. The molecule has 1 aromatic carbocycles. The number of carbonyl (C=O) groups is 1. The molecular formula is C13H11N3OS2. The van der Waals surface area contributed by atoms with Crippen LogP contribution in [0.3, 0.4) is 0 Å². The molecule has 0 saturated heterocycles. The number of thioether (sulfide) groups is 1. The van der Waals surface area contributed by atoms with Gasteiger partial charge in [0, 0.05) is 4.90 Å². The van der Waals surface area contributed by atoms with E-state index in [0.29, 0.717) is 5.75 Å². The number of rotatable bonds is 4. The van der Waals surface area contributed by atoms with Crippen molar-refractivity contribution in [1.29, 1.82) is 0 Å². The van der Waals surface area contributed by atoms with E-state index in [2.05, 4.69) is 10.1 Å². The highest BCUT2D eigenvalue weighted by Gasteiger charge is 2.16. The molecule has 0 aliphatic heterocycles. The third kappa shape index (κ3) is 2.41. The molecular weight excluding hydrogens is 278 g/mol. The Balaban J connectivity index is 1.77. The predicted molar refractivity (Wildman–Crippen MR) is 77.1 cm³/mol. The van der Waals surface area contributed by atoms with Crippen molar-refractivity contribution in [3.8, 4) is 0 Å². The molecule has 0 N–H and O–H groups in total. The molecule has 0 fully saturated rings. The van der Waals surface area contributed by atoms with Gasteiger partial charge in [-0.3, -0.25) is 4.79 Å². The van der Waals surface area contributed by atoms with E-state index in [4.69, 9.17) is 0 Å². The molecule has 0 saturated carbocycles. The van der Waals surface area contributed by atoms with Crippen LogP contribution in [0.15, 0.2) is 41.6 Å². The summed E-state index contributed by atoms with van der Waals surface area (Å²) in [5.41, 5.74) is 0.871. The summed E-state index contributed by atoms with van der Waals surface area (Å²) >= 11 is 2.95. The van der Waals surface area contributed by atoms with Gasteiger partial charge in [0.25, 0.3) is 0 Å². The number of Topliss-reactive ketones (excluding diaryl/α,β-unsaturated/α-hetero) is 1. The molecule has 0 aliphatic carbocycles. The van der Waals surface area contributed by atoms with E-state index in [-0.39, 0.29) is 5.78 Å². The lowest BCUT2D eigenvalue weighted by Crippen LogP contribution is -2.03. The molecule has 19 heavy (non-hydrogen) atoms. The second-order valence-electron chi connectivity index (χ2n) is 4.00. The number of nitrogens with zero attached hydrogens (tertiary/aromatic N) is 3. The number of aryl methyl sites for hydroxylation is 1. The molecule has 4 nitrogen and oxygen atoms in total. The van der Waals surface area contributed by atoms with Crippen LogP contribution in [0, 0.1) is 6.92 Å². The van der Waals surface area contributed by atoms with E-state index in [0.717, 1.165) is 20.4 Å². The zero-order valence-corrected chi connectivity index (χ0v) is 11.9. The van der Waals surface area contributed by atoms with Gasteiger partial charge < -0.3 is 0 Å². The maximum atomic E-state index is 12.2. The number of fused-ring (bicyclic) bond motifs is 1. The largest absolute Gasteiger partial charge is 0.292 e. The van der Waals surface area contributed by atoms with Crippen LogP contribution < -0.4 is 0 Å². The molecule has 2 aromatic heterocycles. The van der Waals surface area contributed by atoms with Gasteiger partial charge in [-0.05, 0) is 19.1 Å². The molecule has 2 heterocycles. The summed E-state index contributed by atoms with van der Waals surface area (Å²) in [6, 6.07) is 9.93. The summed E-state index contributed by atoms with van der Waals surface area (Å²) in [6.45, 7) is 1.90. The average Bonchev–Trinajstić information content (AvgIpc) is 3.01. The highest BCUT2D eigenvalue weighted by molar-refractivity contribution is 8.00. The second kappa shape index (κ2) is 5.14. The Morgan fingerprint density at radius 3 is 2.89 bits per heavy atom. The van der Waals surface area contributed by atoms with E-state index in [1.54, 1.807) is 16.3 Å². The van der Waals surface area contributed by atoms with E-state index < -0.39 is 0 Å². The number of hydrogen-bond donors (Lipinski definition) is 0. The fourth-order valence-corrected chi connectivity index (χ4v) is 3.64. The maximum absolute atomic E-state index is 12.2. The van der Waals surface area contributed by atoms with E-state index in [1.165, 1.54) is 17.7 Å². The number of benzene rings is 1. The standard InChI is InChI=1S/C13H11N3OS2/c1-9-12(19-13-14-8-15-16(9)13)11(17)7-18-10-5-3-2-4-6-10/h2-6,8H,7H2,1H3. The summed E-state index contributed by atoms with van der Waals surface area (Å²) in [4.78, 5) is 19.0. The highest BCUT2D eigenvalue weighted by Crippen LogP contribution is 2.24. The van der Waals surface area contributed by atoms with Gasteiger partial charge in [-0.2, -0.15) is 5.10 Å². The first-order valence-corrected chi connectivity index (χ1v) is 7.56. The van der Waals surface area contributed by atoms with Gasteiger partial charge in [0.2, 0.25) is 4.96 Å². The van der Waals surface area contributed by atoms with Crippen molar-refractivity contribution in [2.24, 2.45) is 0 Å². The maximum Gasteiger partial charge on any atom is 0.212 e. The van der Waals surface area contributed by atoms with Crippen molar-refractivity contribution in [3.63, 3.8) is 0 Å². The van der Waals surface area contributed by atoms with Gasteiger partial charge in [0.05, 0.1) is 16.3 Å². The summed E-state index contributed by atoms with van der Waals surface area (Å²) in [5, 5.41) is 4.10. The third-order valence-electron chi connectivity index (χ3n) is 2.72. The minimum atomic E-state index is 0.128. The fourth-order valence-electron chi connectivity index (χ4n) is 1.78. The van der Waals surface area contributed by atoms with Crippen LogP contribution in [-0.2, 0) is 0 Å². The molecule has 0 radical (unpaired) electrons. The average molecular weight is 289 g/mol. The number of hydrogen-bond acceptors (Lipinski definition) is 5. The molecule has 3 aromatic rings. The number of aromatic nitrogens is 3. The molecule has 6 heteroatoms. The first-order chi connectivity index (χ1) is 9.25. The Morgan fingerprint density at radius 1 is 1.37 bits per heavy atom. The Hall–Kier alpha value is -1.66. The van der Waals surface area contributed by atoms with Crippen molar-refractivity contribution < 1.29 is 4.79 Å². The van der Waals surface area contributed by atoms with Crippen molar-refractivity contribution in [2.75, 3.05) is 5.75 Å². The van der Waals surface area contributed by atoms with Crippen molar-refractivity contribution >= 4 is 33.8 Å². The van der Waals surface area contributed by atoms with Gasteiger partial charge in [-0.25, -0.2) is 9.50 Å². The van der Waals surface area contributed by atoms with Crippen molar-refractivity contribution in [3.05, 3.63) is 47.2 Å². The summed E-state index contributed by atoms with van der Waals surface area (Å²) < 4.78 is 1.71. The molecule has 3 rings (SSSR count). The quantitative estimate of drug-likeness (QED) is 0.547. The van der Waals surface area contributed by atoms with Gasteiger partial charge >= 0.3 is 0 Å². The topological polar surface area (TPSA) is 47.3 Å². The minimum absolute atomic E-state index is 0.128. The van der Waals surface area contributed by atoms with E-state index in [1.807, 2.05) is 37.3 Å². The van der Waals surface area contributed by atoms with Gasteiger partial charge in [-0.15, -0.1) is 11.8 Å². The lowest BCUT2D eigenvalue weighted by Gasteiger charge is -2.00. The Labute approximate surface area is 118 Å². The van der Waals surface area contributed by atoms with Crippen LogP contribution in [0.25, 0.3) is 4.96 Å². The Morgan fingerprint density at radius 2 is 2.16 bits per heavy atom. The molecule has 0 atom stereocenters. The normalized spacial score (nSPS) is 11.0. The zero-order valence-electron chi connectivity index (χ0n) is 10.2. The predicted octanol–water partition coefficient (Wildman–Crippen LogP) is 3.07. The van der Waals surface area contributed by atoms with Gasteiger partial charge in [0.15, 0.2) is 5.78 Å². The second-order valence-corrected chi connectivity index (χ2v) is 6.02. The lowest BCUT2D eigenvalue weighted by atomic mass is 10.3. The number of ketones is 1. The van der Waals surface area contributed by atoms with E-state index >= 15 is 0 Å². The van der Waals surface area contributed by atoms with Gasteiger partial charge in [0.1, 0.15) is 6.33 Å². The molecule has 0 aliphatic rings. The monoisotopic (exact) mass is 289 g/mol. The van der Waals surface area contributed by atoms with Gasteiger partial charge in [-0.1, -0.05) is 29.5 Å². The van der Waals surface area contributed by atoms with Crippen LogP contribution >= 0.6 is 23.1 Å². The molecule has 0 spiro atoms. The molecule has 0 unspecified atom stereocenters. The number of thiazole rings is 1.